The summed E-state index contributed by atoms with van der Waals surface area (Å²) < 4.78 is 10.7. The summed E-state index contributed by atoms with van der Waals surface area (Å²) >= 11 is 0. The number of carbonyl (C=O) groups excluding carboxylic acids is 3. The molecule has 0 unspecified atom stereocenters. The maximum absolute atomic E-state index is 13.1. The third-order valence-electron chi connectivity index (χ3n) is 5.26. The molecule has 0 spiro atoms. The Kier molecular flexibility index (Phi) is 7.42. The summed E-state index contributed by atoms with van der Waals surface area (Å²) in [4.78, 5) is 37.4. The first-order valence-corrected chi connectivity index (χ1v) is 11.2. The van der Waals surface area contributed by atoms with Gasteiger partial charge in [-0.2, -0.15) is 0 Å². The van der Waals surface area contributed by atoms with Crippen molar-refractivity contribution in [3.8, 4) is 5.75 Å². The van der Waals surface area contributed by atoms with Crippen LogP contribution in [0.15, 0.2) is 83.5 Å². The number of carbonyl (C=O) groups is 3. The molecule has 0 bridgehead atoms. The summed E-state index contributed by atoms with van der Waals surface area (Å²) in [5.41, 5.74) is 1.44. The van der Waals surface area contributed by atoms with Crippen LogP contribution in [-0.4, -0.2) is 37.4 Å². The highest BCUT2D eigenvalue weighted by molar-refractivity contribution is 6.15. The molecule has 0 radical (unpaired) electrons. The van der Waals surface area contributed by atoms with Crippen molar-refractivity contribution in [2.45, 2.75) is 6.92 Å². The Morgan fingerprint density at radius 3 is 2.26 bits per heavy atom. The largest absolute Gasteiger partial charge is 0.493 e. The van der Waals surface area contributed by atoms with Gasteiger partial charge in [-0.05, 0) is 60.2 Å². The van der Waals surface area contributed by atoms with Crippen LogP contribution in [0, 0.1) is 0 Å². The minimum atomic E-state index is -0.344. The molecule has 35 heavy (non-hydrogen) atoms. The lowest BCUT2D eigenvalue weighted by Crippen LogP contribution is -2.34. The number of amides is 3. The molecule has 3 aromatic carbocycles. The summed E-state index contributed by atoms with van der Waals surface area (Å²) in [5, 5.41) is 10.0. The van der Waals surface area contributed by atoms with Crippen LogP contribution in [0.25, 0.3) is 10.8 Å². The van der Waals surface area contributed by atoms with Crippen molar-refractivity contribution in [3.05, 3.63) is 95.9 Å². The number of furan rings is 1. The Bertz CT molecular complexity index is 1330. The van der Waals surface area contributed by atoms with E-state index in [2.05, 4.69) is 16.0 Å². The molecule has 1 heterocycles. The highest BCUT2D eigenvalue weighted by Crippen LogP contribution is 2.29. The predicted molar refractivity (Wildman–Crippen MR) is 133 cm³/mol. The van der Waals surface area contributed by atoms with Gasteiger partial charge in [0.2, 0.25) is 0 Å². The molecule has 0 fully saturated rings. The van der Waals surface area contributed by atoms with Gasteiger partial charge in [-0.3, -0.25) is 14.4 Å². The van der Waals surface area contributed by atoms with Crippen LogP contribution in [0.2, 0.25) is 0 Å². The third-order valence-corrected chi connectivity index (χ3v) is 5.26. The van der Waals surface area contributed by atoms with Gasteiger partial charge in [0.1, 0.15) is 5.75 Å². The highest BCUT2D eigenvalue weighted by atomic mass is 16.5. The van der Waals surface area contributed by atoms with E-state index in [1.54, 1.807) is 42.5 Å². The van der Waals surface area contributed by atoms with Crippen LogP contribution >= 0.6 is 0 Å². The molecule has 0 aliphatic heterocycles. The van der Waals surface area contributed by atoms with E-state index in [1.807, 2.05) is 37.3 Å². The minimum absolute atomic E-state index is 0.214. The molecule has 0 saturated heterocycles. The van der Waals surface area contributed by atoms with Gasteiger partial charge in [-0.1, -0.05) is 30.3 Å². The molecule has 0 aliphatic carbocycles. The van der Waals surface area contributed by atoms with Crippen molar-refractivity contribution in [1.29, 1.82) is 0 Å². The molecule has 3 amide bonds. The molecule has 3 N–H and O–H groups in total. The van der Waals surface area contributed by atoms with Crippen LogP contribution < -0.4 is 20.7 Å². The zero-order chi connectivity index (χ0) is 24.6. The zero-order valence-electron chi connectivity index (χ0n) is 19.2. The van der Waals surface area contributed by atoms with Gasteiger partial charge in [0.15, 0.2) is 5.76 Å². The van der Waals surface area contributed by atoms with Gasteiger partial charge in [0.05, 0.1) is 18.4 Å². The van der Waals surface area contributed by atoms with Crippen LogP contribution in [0.5, 0.6) is 5.75 Å². The highest BCUT2D eigenvalue weighted by Gasteiger charge is 2.17. The summed E-state index contributed by atoms with van der Waals surface area (Å²) in [6, 6.07) is 21.1. The van der Waals surface area contributed by atoms with E-state index in [0.29, 0.717) is 29.2 Å². The Labute approximate surface area is 202 Å². The van der Waals surface area contributed by atoms with Crippen LogP contribution in [0.4, 0.5) is 5.69 Å². The van der Waals surface area contributed by atoms with Crippen LogP contribution in [0.1, 0.15) is 38.2 Å². The molecule has 4 aromatic rings. The van der Waals surface area contributed by atoms with E-state index in [0.717, 1.165) is 10.8 Å². The molecule has 8 heteroatoms. The zero-order valence-corrected chi connectivity index (χ0v) is 19.2. The topological polar surface area (TPSA) is 110 Å². The quantitative estimate of drug-likeness (QED) is 0.316. The van der Waals surface area contributed by atoms with E-state index >= 15 is 0 Å². The second-order valence-corrected chi connectivity index (χ2v) is 7.61. The van der Waals surface area contributed by atoms with Gasteiger partial charge in [-0.15, -0.1) is 0 Å². The number of benzene rings is 3. The van der Waals surface area contributed by atoms with E-state index in [4.69, 9.17) is 9.15 Å². The molecular formula is C27H25N3O5. The number of hydrogen-bond acceptors (Lipinski definition) is 5. The molecule has 1 aromatic heterocycles. The first kappa shape index (κ1) is 23.6. The molecule has 0 saturated carbocycles. The second-order valence-electron chi connectivity index (χ2n) is 7.61. The number of rotatable bonds is 9. The molecule has 8 nitrogen and oxygen atoms in total. The van der Waals surface area contributed by atoms with Crippen LogP contribution in [-0.2, 0) is 0 Å². The summed E-state index contributed by atoms with van der Waals surface area (Å²) in [6.45, 7) is 2.82. The number of nitrogens with one attached hydrogen (secondary N) is 3. The van der Waals surface area contributed by atoms with E-state index in [9.17, 15) is 14.4 Å². The van der Waals surface area contributed by atoms with Gasteiger partial charge >= 0.3 is 0 Å². The summed E-state index contributed by atoms with van der Waals surface area (Å²) in [5.74, 6) is -0.203. The third kappa shape index (κ3) is 5.67. The fourth-order valence-electron chi connectivity index (χ4n) is 3.61. The Hall–Kier alpha value is -4.59. The fraction of sp³-hybridized carbons (Fsp3) is 0.148. The van der Waals surface area contributed by atoms with Crippen molar-refractivity contribution < 1.29 is 23.5 Å². The maximum Gasteiger partial charge on any atom is 0.287 e. The predicted octanol–water partition coefficient (Wildman–Crippen LogP) is 4.24. The van der Waals surface area contributed by atoms with Gasteiger partial charge in [0.25, 0.3) is 17.7 Å². The van der Waals surface area contributed by atoms with Crippen molar-refractivity contribution in [2.75, 3.05) is 25.0 Å². The van der Waals surface area contributed by atoms with Gasteiger partial charge < -0.3 is 25.1 Å². The molecule has 0 aliphatic rings. The first-order chi connectivity index (χ1) is 17.1. The normalized spacial score (nSPS) is 10.5. The monoisotopic (exact) mass is 471 g/mol. The SMILES string of the molecule is CCOc1ccc2ccccc2c1C(=O)Nc1ccc(C(=O)NCCNC(=O)c2ccco2)cc1. The maximum atomic E-state index is 13.1. The number of fused-ring (bicyclic) bond motifs is 1. The summed E-state index contributed by atoms with van der Waals surface area (Å²) in [6.07, 6.45) is 1.42. The van der Waals surface area contributed by atoms with Crippen molar-refractivity contribution >= 4 is 34.2 Å². The molecule has 178 valence electrons. The first-order valence-electron chi connectivity index (χ1n) is 11.2. The smallest absolute Gasteiger partial charge is 0.287 e. The van der Waals surface area contributed by atoms with Crippen molar-refractivity contribution in [2.24, 2.45) is 0 Å². The van der Waals surface area contributed by atoms with E-state index in [-0.39, 0.29) is 36.6 Å². The second kappa shape index (κ2) is 11.0. The fourth-order valence-corrected chi connectivity index (χ4v) is 3.61. The van der Waals surface area contributed by atoms with Gasteiger partial charge in [0, 0.05) is 24.3 Å². The Morgan fingerprint density at radius 2 is 1.54 bits per heavy atom. The Morgan fingerprint density at radius 1 is 0.800 bits per heavy atom. The standard InChI is InChI=1S/C27H25N3O5/c1-2-34-22-14-11-18-6-3-4-7-21(18)24(22)27(33)30-20-12-9-19(10-13-20)25(31)28-15-16-29-26(32)23-8-5-17-35-23/h3-14,17H,2,15-16H2,1H3,(H,28,31)(H,29,32)(H,30,33). The summed E-state index contributed by atoms with van der Waals surface area (Å²) in [7, 11) is 0. The van der Waals surface area contributed by atoms with E-state index in [1.165, 1.54) is 6.26 Å². The minimum Gasteiger partial charge on any atom is -0.493 e. The van der Waals surface area contributed by atoms with Crippen molar-refractivity contribution in [3.63, 3.8) is 0 Å². The number of ether oxygens (including phenoxy) is 1. The molecular weight excluding hydrogens is 446 g/mol. The average molecular weight is 472 g/mol. The average Bonchev–Trinajstić information content (AvgIpc) is 3.42. The van der Waals surface area contributed by atoms with Crippen LogP contribution in [0.3, 0.4) is 0 Å². The lowest BCUT2D eigenvalue weighted by Gasteiger charge is -2.14. The van der Waals surface area contributed by atoms with Crippen molar-refractivity contribution in [1.82, 2.24) is 10.6 Å². The molecule has 4 rings (SSSR count). The number of anilines is 1. The van der Waals surface area contributed by atoms with Gasteiger partial charge in [-0.25, -0.2) is 0 Å². The Balaban J connectivity index is 1.36. The lowest BCUT2D eigenvalue weighted by molar-refractivity contribution is 0.0910. The molecule has 0 atom stereocenters. The lowest BCUT2D eigenvalue weighted by atomic mass is 10.0. The van der Waals surface area contributed by atoms with E-state index < -0.39 is 0 Å². The number of hydrogen-bond donors (Lipinski definition) is 3.